The number of hydrogen-bond donors (Lipinski definition) is 3. The van der Waals surface area contributed by atoms with Crippen LogP contribution in [-0.2, 0) is 13.8 Å². The van der Waals surface area contributed by atoms with Crippen molar-refractivity contribution in [3.05, 3.63) is 16.7 Å². The minimum Gasteiger partial charge on any atom is -0.369 e. The monoisotopic (exact) mass is 315 g/mol. The van der Waals surface area contributed by atoms with Crippen LogP contribution in [0.5, 0.6) is 0 Å². The number of nitrogens with zero attached hydrogens (tertiary/aromatic N) is 3. The van der Waals surface area contributed by atoms with Crippen LogP contribution >= 0.6 is 8.25 Å². The summed E-state index contributed by atoms with van der Waals surface area (Å²) in [5.74, 6) is 0.00556. The average molecular weight is 315 g/mol. The van der Waals surface area contributed by atoms with Crippen LogP contribution in [0.1, 0.15) is 19.1 Å². The number of hydrogen-bond acceptors (Lipinski definition) is 7. The van der Waals surface area contributed by atoms with Gasteiger partial charge in [0, 0.05) is 0 Å². The van der Waals surface area contributed by atoms with Crippen molar-refractivity contribution in [1.82, 2.24) is 19.5 Å². The molecule has 3 rings (SSSR count). The maximum absolute atomic E-state index is 11.7. The average Bonchev–Trinajstić information content (AvgIpc) is 3.02. The fraction of sp³-hybridized carbons (Fsp3) is 0.500. The molecule has 3 atom stereocenters. The summed E-state index contributed by atoms with van der Waals surface area (Å²) in [5.41, 5.74) is 5.66. The minimum atomic E-state index is -2.96. The molecule has 0 spiro atoms. The molecule has 10 nitrogen and oxygen atoms in total. The van der Waals surface area contributed by atoms with Crippen LogP contribution in [0, 0.1) is 0 Å². The van der Waals surface area contributed by atoms with Crippen LogP contribution in [0.4, 0.5) is 5.95 Å². The first kappa shape index (κ1) is 14.2. The maximum atomic E-state index is 11.7. The number of aromatic amines is 1. The minimum absolute atomic E-state index is 0.00556. The number of nitrogen functional groups attached to an aromatic ring is 1. The molecule has 2 unspecified atom stereocenters. The first-order chi connectivity index (χ1) is 10.0. The first-order valence-electron chi connectivity index (χ1n) is 6.28. The van der Waals surface area contributed by atoms with Crippen LogP contribution in [0.2, 0.25) is 0 Å². The third-order valence-electron chi connectivity index (χ3n) is 3.24. The van der Waals surface area contributed by atoms with E-state index in [1.807, 2.05) is 0 Å². The standard InChI is InChI=1S/C10H14N5O5P/c11-10-13-8-7(9(16)14-10)12-4-15(8)6-2-1-5(20-6)3-19-21(17)18/h4-6,21H,1-3H2,(H,17,18)(H3,11,13,14,16)/t5?,6-/m1/s1. The Labute approximate surface area is 118 Å². The van der Waals surface area contributed by atoms with Gasteiger partial charge in [0.2, 0.25) is 5.95 Å². The van der Waals surface area contributed by atoms with Gasteiger partial charge in [0.05, 0.1) is 19.0 Å². The number of nitrogens with one attached hydrogen (secondary N) is 1. The zero-order valence-corrected chi connectivity index (χ0v) is 11.9. The smallest absolute Gasteiger partial charge is 0.316 e. The van der Waals surface area contributed by atoms with E-state index >= 15 is 0 Å². The van der Waals surface area contributed by atoms with E-state index in [0.29, 0.717) is 18.5 Å². The van der Waals surface area contributed by atoms with Crippen molar-refractivity contribution in [3.8, 4) is 0 Å². The van der Waals surface area contributed by atoms with E-state index < -0.39 is 13.8 Å². The second kappa shape index (κ2) is 5.57. The van der Waals surface area contributed by atoms with E-state index in [1.165, 1.54) is 6.33 Å². The molecular weight excluding hydrogens is 301 g/mol. The highest BCUT2D eigenvalue weighted by molar-refractivity contribution is 7.32. The predicted octanol–water partition coefficient (Wildman–Crippen LogP) is -0.222. The predicted molar refractivity (Wildman–Crippen MR) is 72.9 cm³/mol. The van der Waals surface area contributed by atoms with Crippen LogP contribution in [0.3, 0.4) is 0 Å². The highest BCUT2D eigenvalue weighted by Crippen LogP contribution is 2.31. The third-order valence-corrected chi connectivity index (χ3v) is 3.65. The second-order valence-corrected chi connectivity index (χ2v) is 5.46. The zero-order valence-electron chi connectivity index (χ0n) is 10.9. The molecule has 2 aromatic heterocycles. The number of ether oxygens (including phenoxy) is 1. The summed E-state index contributed by atoms with van der Waals surface area (Å²) in [6.45, 7) is 0.0492. The van der Waals surface area contributed by atoms with Crippen molar-refractivity contribution < 1.29 is 18.7 Å². The van der Waals surface area contributed by atoms with Crippen LogP contribution in [-0.4, -0.2) is 37.1 Å². The van der Waals surface area contributed by atoms with Gasteiger partial charge in [-0.3, -0.25) is 18.9 Å². The summed E-state index contributed by atoms with van der Waals surface area (Å²) in [6.07, 6.45) is 2.14. The molecule has 0 radical (unpaired) electrons. The normalized spacial score (nSPS) is 23.7. The fourth-order valence-electron chi connectivity index (χ4n) is 2.33. The van der Waals surface area contributed by atoms with Gasteiger partial charge in [0.25, 0.3) is 5.56 Å². The fourth-order valence-corrected chi connectivity index (χ4v) is 2.66. The molecule has 1 fully saturated rings. The number of anilines is 1. The molecule has 0 saturated carbocycles. The van der Waals surface area contributed by atoms with Gasteiger partial charge in [-0.25, -0.2) is 4.98 Å². The Morgan fingerprint density at radius 3 is 3.19 bits per heavy atom. The molecule has 0 bridgehead atoms. The van der Waals surface area contributed by atoms with E-state index in [9.17, 15) is 9.36 Å². The van der Waals surface area contributed by atoms with Crippen LogP contribution in [0.25, 0.3) is 11.2 Å². The lowest BCUT2D eigenvalue weighted by Crippen LogP contribution is -2.16. The van der Waals surface area contributed by atoms with Crippen molar-refractivity contribution in [2.24, 2.45) is 0 Å². The molecule has 1 saturated heterocycles. The van der Waals surface area contributed by atoms with E-state index in [2.05, 4.69) is 19.5 Å². The summed E-state index contributed by atoms with van der Waals surface area (Å²) in [6, 6.07) is 0. The van der Waals surface area contributed by atoms with Gasteiger partial charge in [0.1, 0.15) is 6.23 Å². The summed E-state index contributed by atoms with van der Waals surface area (Å²) in [4.78, 5) is 30.8. The maximum Gasteiger partial charge on any atom is 0.316 e. The Balaban J connectivity index is 1.82. The number of nitrogens with two attached hydrogens (primary N) is 1. The largest absolute Gasteiger partial charge is 0.369 e. The number of aromatic nitrogens is 4. The SMILES string of the molecule is Nc1nc2c(ncn2[C@H]2CCC(CO[PH](=O)O)O2)c(=O)[nH]1. The summed E-state index contributed by atoms with van der Waals surface area (Å²) < 4.78 is 22.6. The van der Waals surface area contributed by atoms with E-state index in [0.717, 1.165) is 0 Å². The number of H-pyrrole nitrogens is 1. The quantitative estimate of drug-likeness (QED) is 0.656. The Kier molecular flexibility index (Phi) is 3.77. The Bertz CT molecular complexity index is 743. The van der Waals surface area contributed by atoms with Gasteiger partial charge in [-0.1, -0.05) is 0 Å². The zero-order chi connectivity index (χ0) is 15.0. The number of fused-ring (bicyclic) bond motifs is 1. The first-order valence-corrected chi connectivity index (χ1v) is 7.54. The molecule has 1 aliphatic heterocycles. The highest BCUT2D eigenvalue weighted by atomic mass is 31.1. The lowest BCUT2D eigenvalue weighted by molar-refractivity contribution is -0.0162. The lowest BCUT2D eigenvalue weighted by Gasteiger charge is -2.14. The van der Waals surface area contributed by atoms with Gasteiger partial charge in [-0.15, -0.1) is 0 Å². The van der Waals surface area contributed by atoms with Gasteiger partial charge in [-0.2, -0.15) is 4.98 Å². The molecule has 114 valence electrons. The van der Waals surface area contributed by atoms with E-state index in [-0.39, 0.29) is 30.4 Å². The molecule has 1 aliphatic rings. The molecule has 2 aromatic rings. The Morgan fingerprint density at radius 2 is 2.43 bits per heavy atom. The molecule has 11 heteroatoms. The molecule has 0 amide bonds. The van der Waals surface area contributed by atoms with E-state index in [1.54, 1.807) is 4.57 Å². The summed E-state index contributed by atoms with van der Waals surface area (Å²) in [5, 5.41) is 0. The molecule has 0 aromatic carbocycles. The Hall–Kier alpha value is -1.74. The molecular formula is C10H14N5O5P. The van der Waals surface area contributed by atoms with Crippen molar-refractivity contribution in [3.63, 3.8) is 0 Å². The molecule has 4 N–H and O–H groups in total. The molecule has 0 aliphatic carbocycles. The molecule has 21 heavy (non-hydrogen) atoms. The summed E-state index contributed by atoms with van der Waals surface area (Å²) in [7, 11) is -2.96. The summed E-state index contributed by atoms with van der Waals surface area (Å²) >= 11 is 0. The van der Waals surface area contributed by atoms with Gasteiger partial charge in [0.15, 0.2) is 11.2 Å². The van der Waals surface area contributed by atoms with Crippen molar-refractivity contribution in [1.29, 1.82) is 0 Å². The number of rotatable bonds is 4. The van der Waals surface area contributed by atoms with Crippen LogP contribution in [0.15, 0.2) is 11.1 Å². The second-order valence-electron chi connectivity index (χ2n) is 4.64. The Morgan fingerprint density at radius 1 is 1.62 bits per heavy atom. The van der Waals surface area contributed by atoms with Crippen molar-refractivity contribution in [2.45, 2.75) is 25.2 Å². The van der Waals surface area contributed by atoms with Gasteiger partial charge >= 0.3 is 8.25 Å². The molecule has 3 heterocycles. The van der Waals surface area contributed by atoms with Gasteiger partial charge in [-0.05, 0) is 12.8 Å². The van der Waals surface area contributed by atoms with Crippen molar-refractivity contribution in [2.75, 3.05) is 12.3 Å². The topological polar surface area (TPSA) is 145 Å². The van der Waals surface area contributed by atoms with Crippen LogP contribution < -0.4 is 11.3 Å². The lowest BCUT2D eigenvalue weighted by atomic mass is 10.2. The van der Waals surface area contributed by atoms with Crippen molar-refractivity contribution >= 4 is 25.4 Å². The number of imidazole rings is 1. The van der Waals surface area contributed by atoms with E-state index in [4.69, 9.17) is 15.4 Å². The van der Waals surface area contributed by atoms with Gasteiger partial charge < -0.3 is 19.9 Å². The third kappa shape index (κ3) is 2.84. The highest BCUT2D eigenvalue weighted by Gasteiger charge is 2.28.